The fourth-order valence-corrected chi connectivity index (χ4v) is 5.19. The maximum Gasteiger partial charge on any atom is 0.230 e. The first kappa shape index (κ1) is 26.4. The molecule has 1 unspecified atom stereocenters. The Labute approximate surface area is 228 Å². The number of rotatable bonds is 7. The zero-order chi connectivity index (χ0) is 27.9. The zero-order valence-corrected chi connectivity index (χ0v) is 23.3. The molecule has 0 radical (unpaired) electrons. The van der Waals surface area contributed by atoms with E-state index in [4.69, 9.17) is 8.94 Å². The van der Waals surface area contributed by atoms with Crippen LogP contribution in [0.15, 0.2) is 75.7 Å². The second-order valence-electron chi connectivity index (χ2n) is 10.8. The number of fused-ring (bicyclic) bond motifs is 1. The van der Waals surface area contributed by atoms with Gasteiger partial charge in [-0.3, -0.25) is 4.79 Å². The molecule has 6 heteroatoms. The van der Waals surface area contributed by atoms with Crippen LogP contribution < -0.4 is 5.32 Å². The predicted molar refractivity (Wildman–Crippen MR) is 152 cm³/mol. The van der Waals surface area contributed by atoms with Crippen molar-refractivity contribution < 1.29 is 18.8 Å². The van der Waals surface area contributed by atoms with Crippen LogP contribution >= 0.6 is 0 Å². The molecule has 1 atom stereocenters. The van der Waals surface area contributed by atoms with Crippen molar-refractivity contribution >= 4 is 16.9 Å². The maximum atomic E-state index is 13.5. The van der Waals surface area contributed by atoms with Gasteiger partial charge in [-0.05, 0) is 87.6 Å². The summed E-state index contributed by atoms with van der Waals surface area (Å²) >= 11 is 0. The van der Waals surface area contributed by atoms with Crippen LogP contribution in [0.25, 0.3) is 22.1 Å². The van der Waals surface area contributed by atoms with Crippen molar-refractivity contribution in [2.24, 2.45) is 0 Å². The summed E-state index contributed by atoms with van der Waals surface area (Å²) in [5, 5.41) is 18.8. The van der Waals surface area contributed by atoms with Gasteiger partial charge in [-0.2, -0.15) is 0 Å². The van der Waals surface area contributed by atoms with Crippen molar-refractivity contribution in [3.63, 3.8) is 0 Å². The second-order valence-corrected chi connectivity index (χ2v) is 10.8. The smallest absolute Gasteiger partial charge is 0.230 e. The van der Waals surface area contributed by atoms with Crippen molar-refractivity contribution in [2.75, 3.05) is 0 Å². The Hall–Kier alpha value is -4.16. The average molecular weight is 523 g/mol. The SMILES string of the molecule is Cc1ccc(-c2ccccc2CNC(=O)C(C)(C)c2ccc3oc(C(O)c4c(C)noc4C)cc3c2)c(C)c1. The molecule has 0 saturated carbocycles. The lowest BCUT2D eigenvalue weighted by atomic mass is 9.83. The Balaban J connectivity index is 1.36. The Morgan fingerprint density at radius 3 is 2.46 bits per heavy atom. The number of nitrogens with zero attached hydrogens (tertiary/aromatic N) is 1. The molecular weight excluding hydrogens is 488 g/mol. The summed E-state index contributed by atoms with van der Waals surface area (Å²) in [6.45, 7) is 12.0. The van der Waals surface area contributed by atoms with Gasteiger partial charge >= 0.3 is 0 Å². The summed E-state index contributed by atoms with van der Waals surface area (Å²) in [5.41, 5.74) is 7.73. The number of hydrogen-bond donors (Lipinski definition) is 2. The molecule has 5 aromatic rings. The second kappa shape index (κ2) is 10.2. The third kappa shape index (κ3) is 5.00. The molecular formula is C33H34N2O4. The van der Waals surface area contributed by atoms with E-state index < -0.39 is 11.5 Å². The molecule has 2 aromatic heterocycles. The van der Waals surface area contributed by atoms with Crippen LogP contribution in [-0.2, 0) is 16.8 Å². The van der Waals surface area contributed by atoms with E-state index in [-0.39, 0.29) is 5.91 Å². The molecule has 0 fully saturated rings. The highest BCUT2D eigenvalue weighted by Crippen LogP contribution is 2.34. The molecule has 0 spiro atoms. The average Bonchev–Trinajstić information content (AvgIpc) is 3.49. The van der Waals surface area contributed by atoms with E-state index in [9.17, 15) is 9.90 Å². The minimum atomic E-state index is -0.986. The van der Waals surface area contributed by atoms with Crippen molar-refractivity contribution in [1.29, 1.82) is 0 Å². The lowest BCUT2D eigenvalue weighted by Crippen LogP contribution is -2.39. The van der Waals surface area contributed by atoms with Crippen molar-refractivity contribution in [3.8, 4) is 11.1 Å². The number of amides is 1. The molecule has 6 nitrogen and oxygen atoms in total. The lowest BCUT2D eigenvalue weighted by Gasteiger charge is -2.25. The Morgan fingerprint density at radius 2 is 1.74 bits per heavy atom. The number of aliphatic hydroxyl groups excluding tert-OH is 1. The molecule has 1 amide bonds. The van der Waals surface area contributed by atoms with E-state index in [1.807, 2.05) is 50.2 Å². The summed E-state index contributed by atoms with van der Waals surface area (Å²) in [4.78, 5) is 13.5. The van der Waals surface area contributed by atoms with Crippen LogP contribution in [0.5, 0.6) is 0 Å². The normalized spacial score (nSPS) is 12.6. The highest BCUT2D eigenvalue weighted by molar-refractivity contribution is 5.89. The minimum absolute atomic E-state index is 0.0724. The van der Waals surface area contributed by atoms with E-state index in [1.165, 1.54) is 16.7 Å². The van der Waals surface area contributed by atoms with Gasteiger partial charge in [0.2, 0.25) is 5.91 Å². The van der Waals surface area contributed by atoms with Gasteiger partial charge in [0.25, 0.3) is 0 Å². The summed E-state index contributed by atoms with van der Waals surface area (Å²) in [6, 6.07) is 22.1. The van der Waals surface area contributed by atoms with Crippen LogP contribution in [0.1, 0.15) is 65.0 Å². The quantitative estimate of drug-likeness (QED) is 0.240. The number of benzene rings is 3. The molecule has 0 aliphatic carbocycles. The van der Waals surface area contributed by atoms with E-state index >= 15 is 0 Å². The van der Waals surface area contributed by atoms with Crippen LogP contribution in [0, 0.1) is 27.7 Å². The predicted octanol–water partition coefficient (Wildman–Crippen LogP) is 7.00. The van der Waals surface area contributed by atoms with E-state index in [0.717, 1.165) is 22.1 Å². The van der Waals surface area contributed by atoms with Crippen molar-refractivity contribution in [2.45, 2.75) is 59.6 Å². The van der Waals surface area contributed by atoms with Crippen LogP contribution in [0.3, 0.4) is 0 Å². The van der Waals surface area contributed by atoms with Gasteiger partial charge in [0.15, 0.2) is 0 Å². The Morgan fingerprint density at radius 1 is 0.974 bits per heavy atom. The van der Waals surface area contributed by atoms with Crippen LogP contribution in [0.2, 0.25) is 0 Å². The Bertz CT molecular complexity index is 1660. The molecule has 200 valence electrons. The number of carbonyl (C=O) groups is 1. The number of aryl methyl sites for hydroxylation is 4. The largest absolute Gasteiger partial charge is 0.458 e. The van der Waals surface area contributed by atoms with Crippen LogP contribution in [-0.4, -0.2) is 16.2 Å². The fraction of sp³-hybridized carbons (Fsp3) is 0.273. The highest BCUT2D eigenvalue weighted by atomic mass is 16.5. The highest BCUT2D eigenvalue weighted by Gasteiger charge is 2.31. The topological polar surface area (TPSA) is 88.5 Å². The number of carbonyl (C=O) groups excluding carboxylic acids is 1. The van der Waals surface area contributed by atoms with E-state index in [2.05, 4.69) is 54.7 Å². The van der Waals surface area contributed by atoms with E-state index in [1.54, 1.807) is 13.8 Å². The first-order valence-electron chi connectivity index (χ1n) is 13.1. The van der Waals surface area contributed by atoms with Gasteiger partial charge in [-0.15, -0.1) is 0 Å². The third-order valence-corrected chi connectivity index (χ3v) is 7.59. The molecule has 2 heterocycles. The van der Waals surface area contributed by atoms with Gasteiger partial charge in [0.1, 0.15) is 23.2 Å². The first-order chi connectivity index (χ1) is 18.6. The number of furan rings is 1. The Kier molecular flexibility index (Phi) is 6.91. The van der Waals surface area contributed by atoms with Gasteiger partial charge in [0, 0.05) is 11.9 Å². The molecule has 0 aliphatic rings. The van der Waals surface area contributed by atoms with Crippen molar-refractivity contribution in [3.05, 3.63) is 112 Å². The third-order valence-electron chi connectivity index (χ3n) is 7.59. The molecule has 0 saturated heterocycles. The van der Waals surface area contributed by atoms with Gasteiger partial charge in [-0.25, -0.2) is 0 Å². The summed E-state index contributed by atoms with van der Waals surface area (Å²) in [6.07, 6.45) is -0.986. The fourth-order valence-electron chi connectivity index (χ4n) is 5.19. The number of hydrogen-bond acceptors (Lipinski definition) is 5. The molecule has 0 aliphatic heterocycles. The maximum absolute atomic E-state index is 13.5. The standard InChI is InChI=1S/C33H34N2O4/c1-19-11-13-26(20(2)15-19)27-10-8-7-9-23(27)18-34-32(37)33(5,6)25-12-14-28-24(16-25)17-29(38-28)31(36)30-21(3)35-39-22(30)4/h7-17,31,36H,18H2,1-6H3,(H,34,37). The van der Waals surface area contributed by atoms with Crippen LogP contribution in [0.4, 0.5) is 0 Å². The minimum Gasteiger partial charge on any atom is -0.458 e. The van der Waals surface area contributed by atoms with E-state index in [0.29, 0.717) is 34.9 Å². The monoisotopic (exact) mass is 522 g/mol. The summed E-state index contributed by atoms with van der Waals surface area (Å²) < 4.78 is 11.2. The van der Waals surface area contributed by atoms with Gasteiger partial charge in [0.05, 0.1) is 16.7 Å². The molecule has 5 rings (SSSR count). The number of aromatic nitrogens is 1. The summed E-state index contributed by atoms with van der Waals surface area (Å²) in [7, 11) is 0. The number of aliphatic hydroxyl groups is 1. The van der Waals surface area contributed by atoms with Crippen molar-refractivity contribution in [1.82, 2.24) is 10.5 Å². The number of nitrogens with one attached hydrogen (secondary N) is 1. The molecule has 0 bridgehead atoms. The molecule has 39 heavy (non-hydrogen) atoms. The van der Waals surface area contributed by atoms with Gasteiger partial charge < -0.3 is 19.4 Å². The first-order valence-corrected chi connectivity index (χ1v) is 13.1. The zero-order valence-electron chi connectivity index (χ0n) is 23.3. The molecule has 2 N–H and O–H groups in total. The lowest BCUT2D eigenvalue weighted by molar-refractivity contribution is -0.125. The summed E-state index contributed by atoms with van der Waals surface area (Å²) in [5.74, 6) is 0.886. The molecule has 3 aromatic carbocycles. The van der Waals surface area contributed by atoms with Gasteiger partial charge in [-0.1, -0.05) is 59.3 Å².